The zero-order valence-electron chi connectivity index (χ0n) is 10.2. The van der Waals surface area contributed by atoms with Gasteiger partial charge >= 0.3 is 0 Å². The van der Waals surface area contributed by atoms with Gasteiger partial charge in [-0.1, -0.05) is 0 Å². The van der Waals surface area contributed by atoms with Crippen molar-refractivity contribution in [3.8, 4) is 11.5 Å². The number of benzene rings is 1. The van der Waals surface area contributed by atoms with Gasteiger partial charge in [0.1, 0.15) is 0 Å². The number of hydrogen-bond donors (Lipinski definition) is 1. The van der Waals surface area contributed by atoms with Crippen LogP contribution in [0.4, 0.5) is 0 Å². The largest absolute Gasteiger partial charge is 0.454 e. The minimum atomic E-state index is 0.300. The number of nitrogens with zero attached hydrogens (tertiary/aromatic N) is 1. The summed E-state index contributed by atoms with van der Waals surface area (Å²) < 4.78 is 10.8. The Kier molecular flexibility index (Phi) is 3.02. The van der Waals surface area contributed by atoms with E-state index in [1.165, 1.54) is 5.56 Å². The number of pyridine rings is 1. The van der Waals surface area contributed by atoms with Crippen LogP contribution in [0.3, 0.4) is 0 Å². The van der Waals surface area contributed by atoms with Crippen LogP contribution in [0.15, 0.2) is 24.4 Å². The molecule has 3 rings (SSSR count). The molecule has 4 nitrogen and oxygen atoms in total. The lowest BCUT2D eigenvalue weighted by Crippen LogP contribution is -1.99. The Morgan fingerprint density at radius 2 is 2.00 bits per heavy atom. The molecular weight excluding hydrogens is 228 g/mol. The number of fused-ring (bicyclic) bond motifs is 2. The number of aryl methyl sites for hydroxylation is 1. The summed E-state index contributed by atoms with van der Waals surface area (Å²) in [6, 6.07) is 6.05. The van der Waals surface area contributed by atoms with Gasteiger partial charge in [-0.3, -0.25) is 4.98 Å². The van der Waals surface area contributed by atoms with Gasteiger partial charge in [-0.05, 0) is 43.5 Å². The first-order valence-corrected chi connectivity index (χ1v) is 6.26. The highest BCUT2D eigenvalue weighted by Gasteiger charge is 2.15. The summed E-state index contributed by atoms with van der Waals surface area (Å²) in [7, 11) is 0. The van der Waals surface area contributed by atoms with E-state index in [4.69, 9.17) is 15.2 Å². The van der Waals surface area contributed by atoms with E-state index < -0.39 is 0 Å². The van der Waals surface area contributed by atoms with Gasteiger partial charge in [0, 0.05) is 17.6 Å². The number of aromatic nitrogens is 1. The highest BCUT2D eigenvalue weighted by Crippen LogP contribution is 2.36. The van der Waals surface area contributed by atoms with Crippen molar-refractivity contribution in [2.45, 2.75) is 19.3 Å². The first kappa shape index (κ1) is 11.3. The maximum Gasteiger partial charge on any atom is 0.231 e. The second-order valence-corrected chi connectivity index (χ2v) is 4.44. The van der Waals surface area contributed by atoms with Gasteiger partial charge in [0.15, 0.2) is 11.5 Å². The zero-order chi connectivity index (χ0) is 12.4. The van der Waals surface area contributed by atoms with Crippen molar-refractivity contribution < 1.29 is 9.47 Å². The third kappa shape index (κ3) is 1.99. The van der Waals surface area contributed by atoms with Crippen LogP contribution in [0, 0.1) is 0 Å². The summed E-state index contributed by atoms with van der Waals surface area (Å²) in [5.41, 5.74) is 7.79. The van der Waals surface area contributed by atoms with Gasteiger partial charge in [-0.2, -0.15) is 0 Å². The van der Waals surface area contributed by atoms with E-state index in [0.717, 1.165) is 48.2 Å². The third-order valence-corrected chi connectivity index (χ3v) is 3.23. The molecule has 1 aliphatic heterocycles. The number of unbranched alkanes of at least 4 members (excludes halogenated alkanes) is 1. The molecule has 0 fully saturated rings. The number of hydrogen-bond acceptors (Lipinski definition) is 4. The smallest absolute Gasteiger partial charge is 0.231 e. The molecule has 0 amide bonds. The monoisotopic (exact) mass is 244 g/mol. The van der Waals surface area contributed by atoms with E-state index in [-0.39, 0.29) is 0 Å². The summed E-state index contributed by atoms with van der Waals surface area (Å²) in [6.07, 6.45) is 5.02. The molecular formula is C14H16N2O2. The summed E-state index contributed by atoms with van der Waals surface area (Å²) in [5, 5.41) is 1.15. The average Bonchev–Trinajstić information content (AvgIpc) is 2.84. The molecule has 94 valence electrons. The Balaban J connectivity index is 1.99. The number of nitrogens with two attached hydrogens (primary N) is 1. The topological polar surface area (TPSA) is 57.4 Å². The maximum absolute atomic E-state index is 5.53. The molecule has 1 aromatic carbocycles. The number of rotatable bonds is 4. The molecule has 4 heteroatoms. The lowest BCUT2D eigenvalue weighted by molar-refractivity contribution is 0.174. The van der Waals surface area contributed by atoms with Crippen molar-refractivity contribution in [1.29, 1.82) is 0 Å². The predicted octanol–water partition coefficient (Wildman–Crippen LogP) is 2.24. The highest BCUT2D eigenvalue weighted by atomic mass is 16.7. The van der Waals surface area contributed by atoms with E-state index in [1.54, 1.807) is 0 Å². The van der Waals surface area contributed by atoms with E-state index >= 15 is 0 Å². The normalized spacial score (nSPS) is 13.2. The summed E-state index contributed by atoms with van der Waals surface area (Å²) in [4.78, 5) is 4.39. The second-order valence-electron chi connectivity index (χ2n) is 4.44. The fourth-order valence-corrected chi connectivity index (χ4v) is 2.27. The average molecular weight is 244 g/mol. The maximum atomic E-state index is 5.53. The highest BCUT2D eigenvalue weighted by molar-refractivity contribution is 5.85. The van der Waals surface area contributed by atoms with Crippen molar-refractivity contribution in [2.24, 2.45) is 5.73 Å². The fourth-order valence-electron chi connectivity index (χ4n) is 2.27. The molecule has 0 atom stereocenters. The van der Waals surface area contributed by atoms with Crippen LogP contribution in [0.5, 0.6) is 11.5 Å². The standard InChI is InChI=1S/C14H16N2O2/c15-5-2-1-3-10-4-6-16-12-8-14-13(7-11(10)12)17-9-18-14/h4,6-8H,1-3,5,9,15H2. The molecule has 2 N–H and O–H groups in total. The van der Waals surface area contributed by atoms with E-state index in [2.05, 4.69) is 11.1 Å². The van der Waals surface area contributed by atoms with Crippen LogP contribution >= 0.6 is 0 Å². The van der Waals surface area contributed by atoms with Gasteiger partial charge in [-0.25, -0.2) is 0 Å². The second kappa shape index (κ2) is 4.82. The van der Waals surface area contributed by atoms with Crippen molar-refractivity contribution >= 4 is 10.9 Å². The Bertz CT molecular complexity index is 569. The first-order valence-electron chi connectivity index (χ1n) is 6.26. The molecule has 0 aliphatic carbocycles. The zero-order valence-corrected chi connectivity index (χ0v) is 10.2. The van der Waals surface area contributed by atoms with Crippen molar-refractivity contribution in [3.63, 3.8) is 0 Å². The molecule has 2 aromatic rings. The summed E-state index contributed by atoms with van der Waals surface area (Å²) in [6.45, 7) is 1.05. The summed E-state index contributed by atoms with van der Waals surface area (Å²) >= 11 is 0. The summed E-state index contributed by atoms with van der Waals surface area (Å²) in [5.74, 6) is 1.60. The SMILES string of the molecule is NCCCCc1ccnc2cc3c(cc12)OCO3. The molecule has 0 unspecified atom stereocenters. The molecule has 0 saturated carbocycles. The van der Waals surface area contributed by atoms with Gasteiger partial charge in [0.05, 0.1) is 5.52 Å². The van der Waals surface area contributed by atoms with Crippen LogP contribution in [0.25, 0.3) is 10.9 Å². The molecule has 0 saturated heterocycles. The fraction of sp³-hybridized carbons (Fsp3) is 0.357. The first-order chi connectivity index (χ1) is 8.88. The van der Waals surface area contributed by atoms with Gasteiger partial charge in [0.25, 0.3) is 0 Å². The minimum absolute atomic E-state index is 0.300. The molecule has 1 aliphatic rings. The Morgan fingerprint density at radius 3 is 2.83 bits per heavy atom. The Labute approximate surface area is 106 Å². The van der Waals surface area contributed by atoms with E-state index in [9.17, 15) is 0 Å². The number of ether oxygens (including phenoxy) is 2. The minimum Gasteiger partial charge on any atom is -0.454 e. The molecule has 0 spiro atoms. The van der Waals surface area contributed by atoms with E-state index in [1.807, 2.05) is 18.3 Å². The molecule has 0 radical (unpaired) electrons. The Morgan fingerprint density at radius 1 is 1.17 bits per heavy atom. The Hall–Kier alpha value is -1.81. The van der Waals surface area contributed by atoms with Crippen molar-refractivity contribution in [1.82, 2.24) is 4.98 Å². The van der Waals surface area contributed by atoms with Crippen molar-refractivity contribution in [3.05, 3.63) is 30.0 Å². The molecule has 2 heterocycles. The van der Waals surface area contributed by atoms with Crippen LogP contribution in [-0.4, -0.2) is 18.3 Å². The van der Waals surface area contributed by atoms with Crippen LogP contribution in [0.1, 0.15) is 18.4 Å². The lowest BCUT2D eigenvalue weighted by atomic mass is 10.0. The third-order valence-electron chi connectivity index (χ3n) is 3.23. The van der Waals surface area contributed by atoms with Crippen molar-refractivity contribution in [2.75, 3.05) is 13.3 Å². The van der Waals surface area contributed by atoms with Gasteiger partial charge in [0.2, 0.25) is 6.79 Å². The van der Waals surface area contributed by atoms with Crippen LogP contribution in [0.2, 0.25) is 0 Å². The van der Waals surface area contributed by atoms with Gasteiger partial charge in [-0.15, -0.1) is 0 Å². The lowest BCUT2D eigenvalue weighted by Gasteiger charge is -2.06. The molecule has 18 heavy (non-hydrogen) atoms. The van der Waals surface area contributed by atoms with Gasteiger partial charge < -0.3 is 15.2 Å². The molecule has 1 aromatic heterocycles. The molecule has 0 bridgehead atoms. The van der Waals surface area contributed by atoms with Crippen LogP contribution < -0.4 is 15.2 Å². The van der Waals surface area contributed by atoms with Crippen LogP contribution in [-0.2, 0) is 6.42 Å². The predicted molar refractivity (Wildman–Crippen MR) is 69.9 cm³/mol. The van der Waals surface area contributed by atoms with E-state index in [0.29, 0.717) is 6.79 Å². The quantitative estimate of drug-likeness (QED) is 0.838.